The lowest BCUT2D eigenvalue weighted by Crippen LogP contribution is -2.43. The Balaban J connectivity index is 1.41. The number of rotatable bonds is 4. The summed E-state index contributed by atoms with van der Waals surface area (Å²) in [5.41, 5.74) is 3.80. The summed E-state index contributed by atoms with van der Waals surface area (Å²) in [4.78, 5) is 36.9. The molecule has 0 atom stereocenters. The molecule has 4 rings (SSSR count). The molecule has 0 unspecified atom stereocenters. The SMILES string of the molecule is CC1CCN(S(=O)(=O)c2ccc(C(=O)NNC(=O)c3cc4ccccc4oc3=O)cc2)CC1. The number of hydrazine groups is 1. The second kappa shape index (κ2) is 9.16. The van der Waals surface area contributed by atoms with Crippen LogP contribution in [0.3, 0.4) is 0 Å². The van der Waals surface area contributed by atoms with Gasteiger partial charge in [-0.3, -0.25) is 20.4 Å². The monoisotopic (exact) mass is 469 g/mol. The van der Waals surface area contributed by atoms with Gasteiger partial charge in [0.05, 0.1) is 4.90 Å². The predicted molar refractivity (Wildman–Crippen MR) is 121 cm³/mol. The smallest absolute Gasteiger partial charge is 0.349 e. The maximum Gasteiger partial charge on any atom is 0.349 e. The number of nitrogens with one attached hydrogen (secondary N) is 2. The van der Waals surface area contributed by atoms with Gasteiger partial charge < -0.3 is 4.42 Å². The van der Waals surface area contributed by atoms with Crippen LogP contribution < -0.4 is 16.5 Å². The molecule has 0 bridgehead atoms. The summed E-state index contributed by atoms with van der Waals surface area (Å²) in [6, 6.07) is 13.6. The number of piperidine rings is 1. The molecule has 3 aromatic rings. The normalized spacial score (nSPS) is 15.3. The van der Waals surface area contributed by atoms with E-state index in [1.807, 2.05) is 0 Å². The molecule has 1 aliphatic heterocycles. The van der Waals surface area contributed by atoms with Gasteiger partial charge >= 0.3 is 5.63 Å². The van der Waals surface area contributed by atoms with Crippen LogP contribution in [0.1, 0.15) is 40.5 Å². The van der Waals surface area contributed by atoms with Crippen molar-refractivity contribution in [3.63, 3.8) is 0 Å². The minimum Gasteiger partial charge on any atom is -0.422 e. The molecular weight excluding hydrogens is 446 g/mol. The highest BCUT2D eigenvalue weighted by Crippen LogP contribution is 2.23. The zero-order valence-corrected chi connectivity index (χ0v) is 18.7. The van der Waals surface area contributed by atoms with Gasteiger partial charge in [0.2, 0.25) is 10.0 Å². The van der Waals surface area contributed by atoms with Crippen molar-refractivity contribution in [1.82, 2.24) is 15.2 Å². The van der Waals surface area contributed by atoms with E-state index in [-0.39, 0.29) is 16.0 Å². The van der Waals surface area contributed by atoms with Crippen LogP contribution >= 0.6 is 0 Å². The molecule has 10 heteroatoms. The number of fused-ring (bicyclic) bond motifs is 1. The van der Waals surface area contributed by atoms with Crippen molar-refractivity contribution in [3.05, 3.63) is 76.1 Å². The van der Waals surface area contributed by atoms with E-state index in [0.29, 0.717) is 30.0 Å². The first-order chi connectivity index (χ1) is 15.8. The van der Waals surface area contributed by atoms with Gasteiger partial charge in [-0.2, -0.15) is 4.31 Å². The number of sulfonamides is 1. The van der Waals surface area contributed by atoms with Crippen molar-refractivity contribution in [2.45, 2.75) is 24.7 Å². The van der Waals surface area contributed by atoms with E-state index in [0.717, 1.165) is 12.8 Å². The lowest BCUT2D eigenvalue weighted by Gasteiger charge is -2.29. The van der Waals surface area contributed by atoms with Gasteiger partial charge in [-0.05, 0) is 55.2 Å². The number of carbonyl (C=O) groups is 2. The van der Waals surface area contributed by atoms with Crippen molar-refractivity contribution in [3.8, 4) is 0 Å². The van der Waals surface area contributed by atoms with Gasteiger partial charge in [0.25, 0.3) is 11.8 Å². The van der Waals surface area contributed by atoms with Crippen LogP contribution in [0.15, 0.2) is 68.7 Å². The van der Waals surface area contributed by atoms with Crippen LogP contribution in [0.2, 0.25) is 0 Å². The number of carbonyl (C=O) groups excluding carboxylic acids is 2. The summed E-state index contributed by atoms with van der Waals surface area (Å²) in [5, 5.41) is 0.563. The second-order valence-corrected chi connectivity index (χ2v) is 9.94. The molecule has 0 aliphatic carbocycles. The zero-order valence-electron chi connectivity index (χ0n) is 17.9. The van der Waals surface area contributed by atoms with Crippen molar-refractivity contribution < 1.29 is 22.4 Å². The van der Waals surface area contributed by atoms with Crippen molar-refractivity contribution in [2.75, 3.05) is 13.1 Å². The molecular formula is C23H23N3O6S. The van der Waals surface area contributed by atoms with E-state index >= 15 is 0 Å². The van der Waals surface area contributed by atoms with Crippen LogP contribution in [0, 0.1) is 5.92 Å². The van der Waals surface area contributed by atoms with E-state index in [1.54, 1.807) is 24.3 Å². The third-order valence-corrected chi connectivity index (χ3v) is 7.59. The summed E-state index contributed by atoms with van der Waals surface area (Å²) in [6.45, 7) is 3.05. The summed E-state index contributed by atoms with van der Waals surface area (Å²) in [6.07, 6.45) is 1.63. The summed E-state index contributed by atoms with van der Waals surface area (Å²) < 4.78 is 32.2. The number of nitrogens with zero attached hydrogens (tertiary/aromatic N) is 1. The molecule has 172 valence electrons. The molecule has 1 saturated heterocycles. The first-order valence-electron chi connectivity index (χ1n) is 10.5. The molecule has 2 aromatic carbocycles. The van der Waals surface area contributed by atoms with Gasteiger partial charge in [-0.15, -0.1) is 0 Å². The first kappa shape index (κ1) is 22.7. The molecule has 2 N–H and O–H groups in total. The first-order valence-corrected chi connectivity index (χ1v) is 11.9. The fraction of sp³-hybridized carbons (Fsp3) is 0.261. The fourth-order valence-corrected chi connectivity index (χ4v) is 5.10. The van der Waals surface area contributed by atoms with Gasteiger partial charge in [0.1, 0.15) is 11.1 Å². The van der Waals surface area contributed by atoms with E-state index < -0.39 is 27.5 Å². The lowest BCUT2D eigenvalue weighted by atomic mass is 10.0. The molecule has 0 saturated carbocycles. The van der Waals surface area contributed by atoms with Gasteiger partial charge in [0.15, 0.2) is 0 Å². The quantitative estimate of drug-likeness (QED) is 0.446. The third kappa shape index (κ3) is 4.81. The minimum absolute atomic E-state index is 0.103. The third-order valence-electron chi connectivity index (χ3n) is 5.67. The van der Waals surface area contributed by atoms with Gasteiger partial charge in [-0.25, -0.2) is 13.2 Å². The molecule has 1 aliphatic rings. The standard InChI is InChI=1S/C23H23N3O6S/c1-15-10-12-26(13-11-15)33(30,31)18-8-6-16(7-9-18)21(27)24-25-22(28)19-14-17-4-2-3-5-20(17)32-23(19)29/h2-9,14-15H,10-13H2,1H3,(H,24,27)(H,25,28). The van der Waals surface area contributed by atoms with Crippen molar-refractivity contribution in [1.29, 1.82) is 0 Å². The molecule has 1 fully saturated rings. The topological polar surface area (TPSA) is 126 Å². The Morgan fingerprint density at radius 3 is 2.30 bits per heavy atom. The van der Waals surface area contributed by atoms with Crippen LogP contribution in [-0.4, -0.2) is 37.6 Å². The Labute approximate surface area is 190 Å². The molecule has 33 heavy (non-hydrogen) atoms. The van der Waals surface area contributed by atoms with Crippen molar-refractivity contribution in [2.24, 2.45) is 5.92 Å². The predicted octanol–water partition coefficient (Wildman–Crippen LogP) is 2.29. The highest BCUT2D eigenvalue weighted by molar-refractivity contribution is 7.89. The van der Waals surface area contributed by atoms with Crippen molar-refractivity contribution >= 4 is 32.8 Å². The van der Waals surface area contributed by atoms with E-state index in [2.05, 4.69) is 17.8 Å². The van der Waals surface area contributed by atoms with E-state index in [4.69, 9.17) is 4.42 Å². The highest BCUT2D eigenvalue weighted by atomic mass is 32.2. The average molecular weight is 470 g/mol. The Morgan fingerprint density at radius 1 is 0.970 bits per heavy atom. The summed E-state index contributed by atoms with van der Waals surface area (Å²) >= 11 is 0. The fourth-order valence-electron chi connectivity index (χ4n) is 3.63. The second-order valence-electron chi connectivity index (χ2n) is 8.00. The van der Waals surface area contributed by atoms with Gasteiger partial charge in [-0.1, -0.05) is 25.1 Å². The Morgan fingerprint density at radius 2 is 1.61 bits per heavy atom. The number of amides is 2. The Kier molecular flexibility index (Phi) is 6.30. The minimum atomic E-state index is -3.63. The maximum atomic E-state index is 12.8. The number of hydrogen-bond acceptors (Lipinski definition) is 6. The van der Waals surface area contributed by atoms with Gasteiger partial charge in [0, 0.05) is 24.0 Å². The molecule has 0 radical (unpaired) electrons. The average Bonchev–Trinajstić information content (AvgIpc) is 2.82. The summed E-state index contributed by atoms with van der Waals surface area (Å²) in [5.74, 6) is -0.996. The van der Waals surface area contributed by atoms with Crippen LogP contribution in [0.25, 0.3) is 11.0 Å². The van der Waals surface area contributed by atoms with E-state index in [9.17, 15) is 22.8 Å². The lowest BCUT2D eigenvalue weighted by molar-refractivity contribution is 0.0844. The van der Waals surface area contributed by atoms with Crippen LogP contribution in [0.4, 0.5) is 0 Å². The molecule has 0 spiro atoms. The Bertz CT molecular complexity index is 1360. The number of benzene rings is 2. The Hall–Kier alpha value is -3.50. The zero-order chi connectivity index (χ0) is 23.6. The maximum absolute atomic E-state index is 12.8. The van der Waals surface area contributed by atoms with E-state index in [1.165, 1.54) is 34.6 Å². The number of hydrogen-bond donors (Lipinski definition) is 2. The highest BCUT2D eigenvalue weighted by Gasteiger charge is 2.28. The van der Waals surface area contributed by atoms with Crippen LogP contribution in [0.5, 0.6) is 0 Å². The molecule has 1 aromatic heterocycles. The molecule has 2 amide bonds. The summed E-state index contributed by atoms with van der Waals surface area (Å²) in [7, 11) is -3.63. The largest absolute Gasteiger partial charge is 0.422 e. The molecule has 2 heterocycles. The number of para-hydroxylation sites is 1. The van der Waals surface area contributed by atoms with Crippen LogP contribution in [-0.2, 0) is 10.0 Å². The molecule has 9 nitrogen and oxygen atoms in total.